The molecule has 0 fully saturated rings. The van der Waals surface area contributed by atoms with E-state index in [1.54, 1.807) is 17.9 Å². The molecule has 2 rings (SSSR count). The van der Waals surface area contributed by atoms with Gasteiger partial charge in [0.25, 0.3) is 0 Å². The van der Waals surface area contributed by atoms with Gasteiger partial charge >= 0.3 is 0 Å². The van der Waals surface area contributed by atoms with Crippen molar-refractivity contribution in [2.75, 3.05) is 18.0 Å². The maximum atomic E-state index is 13.6. The predicted molar refractivity (Wildman–Crippen MR) is 58.6 cm³/mol. The number of benzene rings is 1. The van der Waals surface area contributed by atoms with Gasteiger partial charge < -0.3 is 10.0 Å². The van der Waals surface area contributed by atoms with E-state index in [2.05, 4.69) is 0 Å². The average Bonchev–Trinajstić information content (AvgIpc) is 2.19. The first-order valence-electron chi connectivity index (χ1n) is 5.16. The quantitative estimate of drug-likeness (QED) is 0.794. The Morgan fingerprint density at radius 2 is 1.88 bits per heavy atom. The van der Waals surface area contributed by atoms with Crippen molar-refractivity contribution < 1.29 is 13.9 Å². The minimum absolute atomic E-state index is 0.00523. The first-order valence-corrected chi connectivity index (χ1v) is 5.16. The number of halogens is 2. The molecule has 1 aliphatic heterocycles. The Morgan fingerprint density at radius 1 is 1.25 bits per heavy atom. The van der Waals surface area contributed by atoms with Crippen molar-refractivity contribution in [3.05, 3.63) is 41.2 Å². The number of aliphatic hydroxyl groups excluding tert-OH is 1. The molecule has 0 aromatic heterocycles. The van der Waals surface area contributed by atoms with Crippen LogP contribution in [0.1, 0.15) is 12.0 Å². The topological polar surface area (TPSA) is 23.5 Å². The van der Waals surface area contributed by atoms with Gasteiger partial charge in [0.05, 0.1) is 5.76 Å². The van der Waals surface area contributed by atoms with Crippen LogP contribution in [-0.2, 0) is 0 Å². The zero-order valence-electron chi connectivity index (χ0n) is 9.00. The summed E-state index contributed by atoms with van der Waals surface area (Å²) in [5.74, 6) is -0.816. The molecule has 1 aromatic rings. The monoisotopic (exact) mass is 225 g/mol. The summed E-state index contributed by atoms with van der Waals surface area (Å²) in [5, 5.41) is 9.20. The Bertz CT molecular complexity index is 420. The molecule has 1 N–H and O–H groups in total. The molecule has 0 radical (unpaired) electrons. The largest absolute Gasteiger partial charge is 0.513 e. The second-order valence-corrected chi connectivity index (χ2v) is 3.97. The summed E-state index contributed by atoms with van der Waals surface area (Å²) >= 11 is 0. The number of rotatable bonds is 1. The second-order valence-electron chi connectivity index (χ2n) is 3.97. The van der Waals surface area contributed by atoms with Crippen LogP contribution < -0.4 is 4.90 Å². The Labute approximate surface area is 92.8 Å². The van der Waals surface area contributed by atoms with E-state index in [-0.39, 0.29) is 11.4 Å². The van der Waals surface area contributed by atoms with Gasteiger partial charge in [-0.1, -0.05) is 0 Å². The van der Waals surface area contributed by atoms with Crippen LogP contribution in [0.3, 0.4) is 0 Å². The fraction of sp³-hybridized carbons (Fsp3) is 0.333. The summed E-state index contributed by atoms with van der Waals surface area (Å²) in [5.41, 5.74) is 0.559. The maximum Gasteiger partial charge on any atom is 0.149 e. The van der Waals surface area contributed by atoms with Crippen LogP contribution in [0, 0.1) is 18.6 Å². The molecule has 0 saturated carbocycles. The third-order valence-electron chi connectivity index (χ3n) is 2.66. The second kappa shape index (κ2) is 4.12. The Morgan fingerprint density at radius 3 is 2.38 bits per heavy atom. The minimum atomic E-state index is -0.549. The summed E-state index contributed by atoms with van der Waals surface area (Å²) in [6, 6.07) is 2.63. The van der Waals surface area contributed by atoms with Crippen molar-refractivity contribution in [3.8, 4) is 0 Å². The molecule has 86 valence electrons. The molecule has 0 aliphatic carbocycles. The SMILES string of the molecule is Cc1cc(F)c(N2CC=C(O)CC2)c(F)c1. The highest BCUT2D eigenvalue weighted by atomic mass is 19.1. The molecule has 1 aliphatic rings. The highest BCUT2D eigenvalue weighted by Crippen LogP contribution is 2.26. The van der Waals surface area contributed by atoms with Crippen LogP contribution in [0.25, 0.3) is 0 Å². The molecule has 0 bridgehead atoms. The van der Waals surface area contributed by atoms with Gasteiger partial charge in [-0.3, -0.25) is 0 Å². The lowest BCUT2D eigenvalue weighted by Gasteiger charge is -2.27. The molecule has 4 heteroatoms. The van der Waals surface area contributed by atoms with E-state index in [1.165, 1.54) is 12.1 Å². The highest BCUT2D eigenvalue weighted by Gasteiger charge is 2.19. The van der Waals surface area contributed by atoms with Crippen molar-refractivity contribution >= 4 is 5.69 Å². The molecule has 0 saturated heterocycles. The van der Waals surface area contributed by atoms with Gasteiger partial charge in [0.15, 0.2) is 0 Å². The van der Waals surface area contributed by atoms with E-state index in [0.29, 0.717) is 25.1 Å². The standard InChI is InChI=1S/C12H13F2NO/c1-8-6-10(13)12(11(14)7-8)15-4-2-9(16)3-5-15/h2,6-7,16H,3-5H2,1H3. The van der Waals surface area contributed by atoms with Gasteiger partial charge in [-0.25, -0.2) is 8.78 Å². The van der Waals surface area contributed by atoms with Gasteiger partial charge in [-0.15, -0.1) is 0 Å². The third-order valence-corrected chi connectivity index (χ3v) is 2.66. The fourth-order valence-corrected chi connectivity index (χ4v) is 1.86. The van der Waals surface area contributed by atoms with Gasteiger partial charge in [0.1, 0.15) is 17.3 Å². The van der Waals surface area contributed by atoms with Gasteiger partial charge in [0.2, 0.25) is 0 Å². The van der Waals surface area contributed by atoms with Gasteiger partial charge in [0, 0.05) is 19.5 Å². The normalized spacial score (nSPS) is 16.2. The van der Waals surface area contributed by atoms with Crippen LogP contribution in [0.5, 0.6) is 0 Å². The minimum Gasteiger partial charge on any atom is -0.513 e. The van der Waals surface area contributed by atoms with E-state index in [4.69, 9.17) is 0 Å². The molecular formula is C12H13F2NO. The summed E-state index contributed by atoms with van der Waals surface area (Å²) in [4.78, 5) is 1.59. The number of hydrogen-bond donors (Lipinski definition) is 1. The number of aliphatic hydroxyl groups is 1. The van der Waals surface area contributed by atoms with Gasteiger partial charge in [-0.2, -0.15) is 0 Å². The summed E-state index contributed by atoms with van der Waals surface area (Å²) in [6.45, 7) is 2.42. The molecule has 0 atom stereocenters. The van der Waals surface area contributed by atoms with Crippen molar-refractivity contribution in [2.45, 2.75) is 13.3 Å². The molecule has 2 nitrogen and oxygen atoms in total. The van der Waals surface area contributed by atoms with E-state index in [9.17, 15) is 13.9 Å². The number of nitrogens with zero attached hydrogens (tertiary/aromatic N) is 1. The zero-order chi connectivity index (χ0) is 11.7. The first kappa shape index (κ1) is 10.9. The van der Waals surface area contributed by atoms with Gasteiger partial charge in [-0.05, 0) is 30.7 Å². The third kappa shape index (κ3) is 2.01. The van der Waals surface area contributed by atoms with Crippen LogP contribution in [0.2, 0.25) is 0 Å². The number of anilines is 1. The molecule has 0 unspecified atom stereocenters. The maximum absolute atomic E-state index is 13.6. The van der Waals surface area contributed by atoms with Crippen LogP contribution in [0.4, 0.5) is 14.5 Å². The summed E-state index contributed by atoms with van der Waals surface area (Å²) in [6.07, 6.45) is 2.00. The lowest BCUT2D eigenvalue weighted by molar-refractivity contribution is 0.378. The smallest absolute Gasteiger partial charge is 0.149 e. The molecule has 1 heterocycles. The van der Waals surface area contributed by atoms with Crippen molar-refractivity contribution in [3.63, 3.8) is 0 Å². The van der Waals surface area contributed by atoms with E-state index in [0.717, 1.165) is 0 Å². The van der Waals surface area contributed by atoms with Crippen LogP contribution >= 0.6 is 0 Å². The Kier molecular flexibility index (Phi) is 2.81. The molecule has 0 spiro atoms. The Hall–Kier alpha value is -1.58. The van der Waals surface area contributed by atoms with E-state index < -0.39 is 11.6 Å². The molecule has 0 amide bonds. The first-order chi connectivity index (χ1) is 7.58. The van der Waals surface area contributed by atoms with Crippen molar-refractivity contribution in [1.82, 2.24) is 0 Å². The lowest BCUT2D eigenvalue weighted by atomic mass is 10.1. The van der Waals surface area contributed by atoms with E-state index in [1.807, 2.05) is 0 Å². The van der Waals surface area contributed by atoms with Crippen LogP contribution in [-0.4, -0.2) is 18.2 Å². The molecular weight excluding hydrogens is 212 g/mol. The highest BCUT2D eigenvalue weighted by molar-refractivity contribution is 5.51. The summed E-state index contributed by atoms with van der Waals surface area (Å²) in [7, 11) is 0. The lowest BCUT2D eigenvalue weighted by Crippen LogP contribution is -2.30. The van der Waals surface area contributed by atoms with Crippen LogP contribution in [0.15, 0.2) is 24.0 Å². The predicted octanol–water partition coefficient (Wildman–Crippen LogP) is 2.93. The Balaban J connectivity index is 2.34. The zero-order valence-corrected chi connectivity index (χ0v) is 9.00. The van der Waals surface area contributed by atoms with Crippen molar-refractivity contribution in [2.24, 2.45) is 0 Å². The van der Waals surface area contributed by atoms with E-state index >= 15 is 0 Å². The number of hydrogen-bond acceptors (Lipinski definition) is 2. The molecule has 1 aromatic carbocycles. The molecule has 16 heavy (non-hydrogen) atoms. The fourth-order valence-electron chi connectivity index (χ4n) is 1.86. The number of aryl methyl sites for hydroxylation is 1. The van der Waals surface area contributed by atoms with Crippen molar-refractivity contribution in [1.29, 1.82) is 0 Å². The summed E-state index contributed by atoms with van der Waals surface area (Å²) < 4.78 is 27.3. The average molecular weight is 225 g/mol.